The molecule has 0 saturated heterocycles. The van der Waals surface area contributed by atoms with E-state index in [1.54, 1.807) is 12.1 Å². The molecule has 11 heteroatoms. The van der Waals surface area contributed by atoms with Gasteiger partial charge in [-0.2, -0.15) is 13.2 Å². The lowest BCUT2D eigenvalue weighted by Crippen LogP contribution is -2.12. The molecule has 0 atom stereocenters. The summed E-state index contributed by atoms with van der Waals surface area (Å²) in [5.74, 6) is -1.17. The van der Waals surface area contributed by atoms with Gasteiger partial charge >= 0.3 is 12.1 Å². The summed E-state index contributed by atoms with van der Waals surface area (Å²) in [5.41, 5.74) is 0.255. The Kier molecular flexibility index (Phi) is 7.11. The Hall–Kier alpha value is -3.44. The topological polar surface area (TPSA) is 101 Å². The fourth-order valence-corrected chi connectivity index (χ4v) is 3.68. The molecule has 2 aromatic carbocycles. The van der Waals surface area contributed by atoms with E-state index in [2.05, 4.69) is 20.4 Å². The number of halogens is 3. The van der Waals surface area contributed by atoms with Crippen LogP contribution in [-0.4, -0.2) is 29.1 Å². The molecule has 1 heterocycles. The van der Waals surface area contributed by atoms with Crippen molar-refractivity contribution in [1.82, 2.24) is 4.98 Å². The summed E-state index contributed by atoms with van der Waals surface area (Å²) in [6.45, 7) is -0.361. The predicted molar refractivity (Wildman–Crippen MR) is 113 cm³/mol. The van der Waals surface area contributed by atoms with E-state index in [1.807, 2.05) is 0 Å². The van der Waals surface area contributed by atoms with Crippen molar-refractivity contribution < 1.29 is 32.6 Å². The zero-order valence-electron chi connectivity index (χ0n) is 16.7. The summed E-state index contributed by atoms with van der Waals surface area (Å²) in [4.78, 5) is 28.2. The van der Waals surface area contributed by atoms with Crippen LogP contribution >= 0.6 is 11.3 Å². The van der Waals surface area contributed by atoms with Crippen LogP contribution in [0.3, 0.4) is 0 Å². The number of alkyl halides is 3. The molecule has 0 saturated carbocycles. The predicted octanol–water partition coefficient (Wildman–Crippen LogP) is 4.31. The highest BCUT2D eigenvalue weighted by molar-refractivity contribution is 7.17. The van der Waals surface area contributed by atoms with Gasteiger partial charge in [-0.25, -0.2) is 9.78 Å². The van der Waals surface area contributed by atoms with Gasteiger partial charge in [0.05, 0.1) is 25.0 Å². The Morgan fingerprint density at radius 3 is 2.44 bits per heavy atom. The number of thiazole rings is 1. The molecule has 0 aliphatic heterocycles. The third-order valence-electron chi connectivity index (χ3n) is 4.37. The Morgan fingerprint density at radius 2 is 1.81 bits per heavy atom. The Labute approximate surface area is 184 Å². The van der Waals surface area contributed by atoms with Crippen LogP contribution in [-0.2, 0) is 24.1 Å². The second-order valence-corrected chi connectivity index (χ2v) is 7.49. The molecule has 0 radical (unpaired) electrons. The van der Waals surface area contributed by atoms with Crippen LogP contribution in [0.1, 0.15) is 36.9 Å². The van der Waals surface area contributed by atoms with Crippen LogP contribution < -0.4 is 10.6 Å². The second-order valence-electron chi connectivity index (χ2n) is 6.49. The van der Waals surface area contributed by atoms with Gasteiger partial charge in [-0.3, -0.25) is 10.1 Å². The number of aliphatic hydroxyl groups excluding tert-OH is 1. The number of hydrogen-bond donors (Lipinski definition) is 3. The van der Waals surface area contributed by atoms with Crippen LogP contribution in [0.15, 0.2) is 48.5 Å². The second kappa shape index (κ2) is 9.79. The summed E-state index contributed by atoms with van der Waals surface area (Å²) < 4.78 is 43.9. The van der Waals surface area contributed by atoms with E-state index in [0.717, 1.165) is 17.4 Å². The highest BCUT2D eigenvalue weighted by atomic mass is 32.1. The van der Waals surface area contributed by atoms with E-state index < -0.39 is 30.2 Å². The molecule has 0 aliphatic rings. The van der Waals surface area contributed by atoms with E-state index >= 15 is 0 Å². The van der Waals surface area contributed by atoms with Crippen molar-refractivity contribution in [3.8, 4) is 0 Å². The standard InChI is InChI=1S/C21H18F3N3O4S/c1-31-19(30)17-16(11-28)26-20(32-17)27-18(29)13-8-6-12(7-9-13)10-25-15-5-3-2-4-14(15)21(22,23)24/h2-9,25,28H,10-11H2,1H3,(H,26,27,29). The van der Waals surface area contributed by atoms with Crippen molar-refractivity contribution in [3.63, 3.8) is 0 Å². The molecule has 7 nitrogen and oxygen atoms in total. The highest BCUT2D eigenvalue weighted by Gasteiger charge is 2.33. The minimum Gasteiger partial charge on any atom is -0.465 e. The summed E-state index contributed by atoms with van der Waals surface area (Å²) in [6.07, 6.45) is -4.47. The van der Waals surface area contributed by atoms with Crippen molar-refractivity contribution in [2.24, 2.45) is 0 Å². The largest absolute Gasteiger partial charge is 0.465 e. The normalized spacial score (nSPS) is 11.2. The van der Waals surface area contributed by atoms with Gasteiger partial charge in [-0.05, 0) is 29.8 Å². The molecule has 168 valence electrons. The smallest absolute Gasteiger partial charge is 0.418 e. The molecule has 0 spiro atoms. The number of ether oxygens (including phenoxy) is 1. The monoisotopic (exact) mass is 465 g/mol. The van der Waals surface area contributed by atoms with E-state index in [-0.39, 0.29) is 33.5 Å². The molecule has 32 heavy (non-hydrogen) atoms. The number of amides is 1. The maximum Gasteiger partial charge on any atom is 0.418 e. The number of hydrogen-bond acceptors (Lipinski definition) is 7. The third-order valence-corrected chi connectivity index (χ3v) is 5.36. The van der Waals surface area contributed by atoms with E-state index in [9.17, 15) is 27.9 Å². The minimum atomic E-state index is -4.47. The van der Waals surface area contributed by atoms with Crippen LogP contribution in [0.2, 0.25) is 0 Å². The van der Waals surface area contributed by atoms with E-state index in [1.165, 1.54) is 37.4 Å². The number of carbonyl (C=O) groups excluding carboxylic acids is 2. The molecule has 1 aromatic heterocycles. The number of nitrogens with zero attached hydrogens (tertiary/aromatic N) is 1. The first kappa shape index (κ1) is 23.2. The van der Waals surface area contributed by atoms with Crippen molar-refractivity contribution in [1.29, 1.82) is 0 Å². The van der Waals surface area contributed by atoms with Gasteiger partial charge in [0, 0.05) is 17.8 Å². The summed E-state index contributed by atoms with van der Waals surface area (Å²) in [5, 5.41) is 14.7. The van der Waals surface area contributed by atoms with Crippen LogP contribution in [0.5, 0.6) is 0 Å². The average Bonchev–Trinajstić information content (AvgIpc) is 3.19. The van der Waals surface area contributed by atoms with Gasteiger partial charge in [0.1, 0.15) is 4.88 Å². The zero-order valence-corrected chi connectivity index (χ0v) is 17.5. The Morgan fingerprint density at radius 1 is 1.12 bits per heavy atom. The Balaban J connectivity index is 1.66. The summed E-state index contributed by atoms with van der Waals surface area (Å²) in [7, 11) is 1.19. The van der Waals surface area contributed by atoms with Crippen molar-refractivity contribution in [2.75, 3.05) is 17.7 Å². The molecule has 3 rings (SSSR count). The number of benzene rings is 2. The summed E-state index contributed by atoms with van der Waals surface area (Å²) in [6, 6.07) is 11.4. The fraction of sp³-hybridized carbons (Fsp3) is 0.190. The summed E-state index contributed by atoms with van der Waals surface area (Å²) >= 11 is 0.872. The molecule has 3 aromatic rings. The number of anilines is 2. The molecule has 0 aliphatic carbocycles. The number of rotatable bonds is 7. The highest BCUT2D eigenvalue weighted by Crippen LogP contribution is 2.34. The average molecular weight is 465 g/mol. The van der Waals surface area contributed by atoms with Crippen molar-refractivity contribution in [2.45, 2.75) is 19.3 Å². The number of methoxy groups -OCH3 is 1. The molecule has 0 unspecified atom stereocenters. The van der Waals surface area contributed by atoms with Gasteiger partial charge < -0.3 is 15.2 Å². The van der Waals surface area contributed by atoms with Gasteiger partial charge in [0.15, 0.2) is 5.13 Å². The first-order chi connectivity index (χ1) is 15.2. The molecular formula is C21H18F3N3O4S. The lowest BCUT2D eigenvalue weighted by atomic mass is 10.1. The van der Waals surface area contributed by atoms with Gasteiger partial charge in [0.2, 0.25) is 0 Å². The Bertz CT molecular complexity index is 1110. The first-order valence-electron chi connectivity index (χ1n) is 9.22. The molecule has 0 fully saturated rings. The van der Waals surface area contributed by atoms with Gasteiger partial charge in [0.25, 0.3) is 5.91 Å². The molecule has 0 bridgehead atoms. The zero-order chi connectivity index (χ0) is 23.3. The number of nitrogens with one attached hydrogen (secondary N) is 2. The number of esters is 1. The van der Waals surface area contributed by atoms with Crippen molar-refractivity contribution in [3.05, 3.63) is 75.8 Å². The first-order valence-corrected chi connectivity index (χ1v) is 10.0. The molecule has 3 N–H and O–H groups in total. The van der Waals surface area contributed by atoms with Crippen molar-refractivity contribution >= 4 is 34.0 Å². The van der Waals surface area contributed by atoms with E-state index in [4.69, 9.17) is 0 Å². The van der Waals surface area contributed by atoms with E-state index in [0.29, 0.717) is 5.56 Å². The lowest BCUT2D eigenvalue weighted by Gasteiger charge is -2.14. The number of para-hydroxylation sites is 1. The quantitative estimate of drug-likeness (QED) is 0.450. The SMILES string of the molecule is COC(=O)c1sc(NC(=O)c2ccc(CNc3ccccc3C(F)(F)F)cc2)nc1CO. The molecular weight excluding hydrogens is 447 g/mol. The van der Waals surface area contributed by atoms with Gasteiger partial charge in [-0.15, -0.1) is 0 Å². The van der Waals surface area contributed by atoms with Crippen LogP contribution in [0.4, 0.5) is 24.0 Å². The number of carbonyl (C=O) groups is 2. The third kappa shape index (κ3) is 5.42. The van der Waals surface area contributed by atoms with Crippen LogP contribution in [0, 0.1) is 0 Å². The molecule has 1 amide bonds. The maximum atomic E-state index is 13.1. The lowest BCUT2D eigenvalue weighted by molar-refractivity contribution is -0.137. The van der Waals surface area contributed by atoms with Gasteiger partial charge in [-0.1, -0.05) is 35.6 Å². The van der Waals surface area contributed by atoms with Crippen LogP contribution in [0.25, 0.3) is 0 Å². The maximum absolute atomic E-state index is 13.1. The number of aliphatic hydroxyl groups is 1. The number of aromatic nitrogens is 1. The fourth-order valence-electron chi connectivity index (χ4n) is 2.79. The minimum absolute atomic E-state index is 0.0355.